The zero-order chi connectivity index (χ0) is 18.4. The molecule has 0 bridgehead atoms. The third-order valence-electron chi connectivity index (χ3n) is 4.48. The van der Waals surface area contributed by atoms with Gasteiger partial charge in [-0.05, 0) is 43.2 Å². The van der Waals surface area contributed by atoms with Gasteiger partial charge in [0, 0.05) is 16.8 Å². The minimum absolute atomic E-state index is 0.0606. The highest BCUT2D eigenvalue weighted by molar-refractivity contribution is 5.95. The SMILES string of the molecule is CCc1ccc(C[NH+](C)[C@@H](C)C(=O)Nc2ccc(C(N)=O)cc2)cc1. The summed E-state index contributed by atoms with van der Waals surface area (Å²) in [6, 6.07) is 14.9. The molecule has 25 heavy (non-hydrogen) atoms. The summed E-state index contributed by atoms with van der Waals surface area (Å²) < 4.78 is 0. The second-order valence-corrected chi connectivity index (χ2v) is 6.35. The number of rotatable bonds is 7. The van der Waals surface area contributed by atoms with Crippen LogP contribution >= 0.6 is 0 Å². The van der Waals surface area contributed by atoms with E-state index in [1.807, 2.05) is 14.0 Å². The molecule has 5 nitrogen and oxygen atoms in total. The van der Waals surface area contributed by atoms with Crippen molar-refractivity contribution in [2.24, 2.45) is 5.73 Å². The lowest BCUT2D eigenvalue weighted by Crippen LogP contribution is -3.12. The highest BCUT2D eigenvalue weighted by Gasteiger charge is 2.22. The van der Waals surface area contributed by atoms with E-state index in [1.165, 1.54) is 11.1 Å². The Hall–Kier alpha value is -2.66. The summed E-state index contributed by atoms with van der Waals surface area (Å²) in [5.74, 6) is -0.543. The highest BCUT2D eigenvalue weighted by atomic mass is 16.2. The first-order chi connectivity index (χ1) is 11.9. The van der Waals surface area contributed by atoms with Crippen molar-refractivity contribution in [3.8, 4) is 0 Å². The molecule has 0 aromatic heterocycles. The molecule has 2 atom stereocenters. The van der Waals surface area contributed by atoms with E-state index in [4.69, 9.17) is 5.73 Å². The molecule has 4 N–H and O–H groups in total. The van der Waals surface area contributed by atoms with E-state index in [1.54, 1.807) is 24.3 Å². The Balaban J connectivity index is 1.94. The minimum atomic E-state index is -0.482. The van der Waals surface area contributed by atoms with Crippen molar-refractivity contribution in [2.45, 2.75) is 32.9 Å². The maximum Gasteiger partial charge on any atom is 0.282 e. The molecule has 2 amide bonds. The van der Waals surface area contributed by atoms with Crippen molar-refractivity contribution in [3.05, 3.63) is 65.2 Å². The van der Waals surface area contributed by atoms with Crippen LogP contribution in [0.1, 0.15) is 35.3 Å². The monoisotopic (exact) mass is 340 g/mol. The summed E-state index contributed by atoms with van der Waals surface area (Å²) in [7, 11) is 2.01. The number of benzene rings is 2. The molecule has 0 aliphatic rings. The largest absolute Gasteiger partial charge is 0.366 e. The van der Waals surface area contributed by atoms with Crippen LogP contribution in [0.25, 0.3) is 0 Å². The molecule has 0 aliphatic heterocycles. The molecule has 1 unspecified atom stereocenters. The van der Waals surface area contributed by atoms with E-state index < -0.39 is 5.91 Å². The number of primary amides is 1. The number of aryl methyl sites for hydroxylation is 1. The van der Waals surface area contributed by atoms with Gasteiger partial charge in [0.25, 0.3) is 5.91 Å². The smallest absolute Gasteiger partial charge is 0.282 e. The number of nitrogens with two attached hydrogens (primary N) is 1. The maximum atomic E-state index is 12.4. The van der Waals surface area contributed by atoms with Crippen LogP contribution in [0.3, 0.4) is 0 Å². The van der Waals surface area contributed by atoms with Gasteiger partial charge >= 0.3 is 0 Å². The Kier molecular flexibility index (Phi) is 6.31. The van der Waals surface area contributed by atoms with E-state index in [9.17, 15) is 9.59 Å². The lowest BCUT2D eigenvalue weighted by Gasteiger charge is -2.21. The average Bonchev–Trinajstić information content (AvgIpc) is 2.62. The van der Waals surface area contributed by atoms with Crippen molar-refractivity contribution in [3.63, 3.8) is 0 Å². The fraction of sp³-hybridized carbons (Fsp3) is 0.300. The zero-order valence-corrected chi connectivity index (χ0v) is 15.0. The first-order valence-electron chi connectivity index (χ1n) is 8.51. The Labute approximate surface area is 148 Å². The predicted octanol–water partition coefficient (Wildman–Crippen LogP) is 1.39. The number of hydrogen-bond acceptors (Lipinski definition) is 2. The zero-order valence-electron chi connectivity index (χ0n) is 15.0. The summed E-state index contributed by atoms with van der Waals surface area (Å²) in [5.41, 5.74) is 8.81. The number of anilines is 1. The van der Waals surface area contributed by atoms with Crippen molar-refractivity contribution in [1.82, 2.24) is 0 Å². The summed E-state index contributed by atoms with van der Waals surface area (Å²) >= 11 is 0. The number of carbonyl (C=O) groups is 2. The average molecular weight is 340 g/mol. The van der Waals surface area contributed by atoms with Crippen LogP contribution in [0.15, 0.2) is 48.5 Å². The number of amides is 2. The van der Waals surface area contributed by atoms with Gasteiger partial charge in [-0.25, -0.2) is 0 Å². The standard InChI is InChI=1S/C20H25N3O2/c1-4-15-5-7-16(8-6-15)13-23(3)14(2)20(25)22-18-11-9-17(10-12-18)19(21)24/h5-12,14H,4,13H2,1-3H3,(H2,21,24)(H,22,25)/p+1/t14-/m0/s1. The van der Waals surface area contributed by atoms with Gasteiger partial charge in [-0.3, -0.25) is 9.59 Å². The summed E-state index contributed by atoms with van der Waals surface area (Å²) in [6.45, 7) is 4.82. The lowest BCUT2D eigenvalue weighted by atomic mass is 10.1. The summed E-state index contributed by atoms with van der Waals surface area (Å²) in [5, 5.41) is 2.88. The number of nitrogens with one attached hydrogen (secondary N) is 2. The molecule has 0 spiro atoms. The van der Waals surface area contributed by atoms with Crippen molar-refractivity contribution in [1.29, 1.82) is 0 Å². The third kappa shape index (κ3) is 5.16. The predicted molar refractivity (Wildman–Crippen MR) is 99.5 cm³/mol. The molecule has 2 aromatic rings. The number of likely N-dealkylation sites (N-methyl/N-ethyl adjacent to an activating group) is 1. The summed E-state index contributed by atoms with van der Waals surface area (Å²) in [6.07, 6.45) is 1.02. The molecule has 0 fully saturated rings. The number of hydrogen-bond donors (Lipinski definition) is 3. The van der Waals surface area contributed by atoms with Crippen molar-refractivity contribution >= 4 is 17.5 Å². The Bertz CT molecular complexity index is 724. The quantitative estimate of drug-likeness (QED) is 0.712. The maximum absolute atomic E-state index is 12.4. The Morgan fingerprint density at radius 1 is 1.04 bits per heavy atom. The van der Waals surface area contributed by atoms with Crippen LogP contribution in [0.4, 0.5) is 5.69 Å². The van der Waals surface area contributed by atoms with Gasteiger partial charge in [-0.15, -0.1) is 0 Å². The second-order valence-electron chi connectivity index (χ2n) is 6.35. The molecule has 5 heteroatoms. The molecule has 0 aliphatic carbocycles. The normalized spacial score (nSPS) is 13.1. The molecule has 2 aromatic carbocycles. The second kappa shape index (κ2) is 8.44. The van der Waals surface area contributed by atoms with Gasteiger partial charge in [-0.2, -0.15) is 0 Å². The van der Waals surface area contributed by atoms with Crippen molar-refractivity contribution in [2.75, 3.05) is 12.4 Å². The molecular formula is C20H26N3O2+. The highest BCUT2D eigenvalue weighted by Crippen LogP contribution is 2.09. The summed E-state index contributed by atoms with van der Waals surface area (Å²) in [4.78, 5) is 24.6. The third-order valence-corrected chi connectivity index (χ3v) is 4.48. The van der Waals surface area contributed by atoms with Gasteiger partial charge in [0.15, 0.2) is 6.04 Å². The van der Waals surface area contributed by atoms with E-state index >= 15 is 0 Å². The van der Waals surface area contributed by atoms with E-state index in [-0.39, 0.29) is 11.9 Å². The van der Waals surface area contributed by atoms with Crippen LogP contribution in [0, 0.1) is 0 Å². The topological polar surface area (TPSA) is 76.6 Å². The van der Waals surface area contributed by atoms with Crippen LogP contribution in [-0.4, -0.2) is 24.9 Å². The minimum Gasteiger partial charge on any atom is -0.366 e. The van der Waals surface area contributed by atoms with Crippen LogP contribution in [0.5, 0.6) is 0 Å². The molecule has 0 radical (unpaired) electrons. The first kappa shape index (κ1) is 18.7. The molecule has 0 saturated heterocycles. The first-order valence-corrected chi connectivity index (χ1v) is 8.51. The van der Waals surface area contributed by atoms with Crippen LogP contribution < -0.4 is 16.0 Å². The Morgan fingerprint density at radius 3 is 2.12 bits per heavy atom. The van der Waals surface area contributed by atoms with Crippen LogP contribution in [0.2, 0.25) is 0 Å². The molecule has 132 valence electrons. The van der Waals surface area contributed by atoms with Gasteiger partial charge in [-0.1, -0.05) is 31.2 Å². The fourth-order valence-electron chi connectivity index (χ4n) is 2.56. The van der Waals surface area contributed by atoms with E-state index in [0.29, 0.717) is 11.3 Å². The number of carbonyl (C=O) groups excluding carboxylic acids is 2. The fourth-order valence-corrected chi connectivity index (χ4v) is 2.56. The van der Waals surface area contributed by atoms with Gasteiger partial charge in [0.05, 0.1) is 7.05 Å². The molecule has 0 heterocycles. The van der Waals surface area contributed by atoms with Crippen LogP contribution in [-0.2, 0) is 17.8 Å². The number of quaternary nitrogens is 1. The van der Waals surface area contributed by atoms with E-state index in [0.717, 1.165) is 17.9 Å². The van der Waals surface area contributed by atoms with Crippen molar-refractivity contribution < 1.29 is 14.5 Å². The lowest BCUT2D eigenvalue weighted by molar-refractivity contribution is -0.907. The van der Waals surface area contributed by atoms with E-state index in [2.05, 4.69) is 36.5 Å². The molecule has 2 rings (SSSR count). The Morgan fingerprint density at radius 2 is 1.60 bits per heavy atom. The van der Waals surface area contributed by atoms with Gasteiger partial charge in [0.1, 0.15) is 6.54 Å². The molecule has 0 saturated carbocycles. The van der Waals surface area contributed by atoms with Gasteiger partial charge < -0.3 is 16.0 Å². The molecular weight excluding hydrogens is 314 g/mol. The van der Waals surface area contributed by atoms with Gasteiger partial charge in [0.2, 0.25) is 5.91 Å².